The van der Waals surface area contributed by atoms with Gasteiger partial charge in [0.15, 0.2) is 0 Å². The highest BCUT2D eigenvalue weighted by molar-refractivity contribution is 6.04. The molecular weight excluding hydrogens is 254 g/mol. The zero-order chi connectivity index (χ0) is 14.3. The van der Waals surface area contributed by atoms with Gasteiger partial charge < -0.3 is 10.7 Å². The lowest BCUT2D eigenvalue weighted by atomic mass is 10.1. The largest absolute Gasteiger partial charge is 0.366 e. The molecule has 0 aliphatic heterocycles. The third kappa shape index (κ3) is 1.77. The number of H-pyrrole nitrogens is 1. The number of nitrogens with zero attached hydrogens (tertiary/aromatic N) is 3. The van der Waals surface area contributed by atoms with Gasteiger partial charge in [-0.05, 0) is 32.0 Å². The highest BCUT2D eigenvalue weighted by Crippen LogP contribution is 2.25. The molecule has 3 aromatic rings. The van der Waals surface area contributed by atoms with Crippen molar-refractivity contribution in [1.82, 2.24) is 19.7 Å². The minimum absolute atomic E-state index is 0.418. The molecule has 102 valence electrons. The van der Waals surface area contributed by atoms with Crippen molar-refractivity contribution in [3.63, 3.8) is 0 Å². The monoisotopic (exact) mass is 269 g/mol. The number of nitrogens with two attached hydrogens (primary N) is 1. The van der Waals surface area contributed by atoms with E-state index < -0.39 is 11.4 Å². The Hall–Kier alpha value is -2.63. The Morgan fingerprint density at radius 2 is 2.15 bits per heavy atom. The average molecular weight is 269 g/mol. The molecule has 0 saturated heterocycles. The van der Waals surface area contributed by atoms with Crippen LogP contribution < -0.4 is 5.73 Å². The topological polar surface area (TPSA) is 89.6 Å². The van der Waals surface area contributed by atoms with Crippen molar-refractivity contribution in [3.05, 3.63) is 48.0 Å². The van der Waals surface area contributed by atoms with Crippen LogP contribution in [0.15, 0.2) is 36.7 Å². The second kappa shape index (κ2) is 4.19. The zero-order valence-corrected chi connectivity index (χ0v) is 11.3. The molecule has 1 aromatic carbocycles. The molecule has 0 aliphatic rings. The Kier molecular flexibility index (Phi) is 2.60. The molecule has 0 spiro atoms. The third-order valence-electron chi connectivity index (χ3n) is 3.43. The van der Waals surface area contributed by atoms with Crippen molar-refractivity contribution in [3.8, 4) is 0 Å². The molecule has 2 heterocycles. The Morgan fingerprint density at radius 3 is 2.80 bits per heavy atom. The van der Waals surface area contributed by atoms with Gasteiger partial charge in [-0.3, -0.25) is 9.48 Å². The van der Waals surface area contributed by atoms with Gasteiger partial charge in [0.2, 0.25) is 0 Å². The molecule has 6 heteroatoms. The lowest BCUT2D eigenvalue weighted by Crippen LogP contribution is -2.29. The zero-order valence-electron chi connectivity index (χ0n) is 11.3. The van der Waals surface area contributed by atoms with E-state index in [1.165, 1.54) is 0 Å². The molecule has 0 saturated carbocycles. The molecule has 0 bridgehead atoms. The van der Waals surface area contributed by atoms with E-state index in [9.17, 15) is 4.79 Å². The lowest BCUT2D eigenvalue weighted by Gasteiger charge is -2.22. The summed E-state index contributed by atoms with van der Waals surface area (Å²) in [6, 6.07) is 7.19. The maximum absolute atomic E-state index is 11.5. The second-order valence-electron chi connectivity index (χ2n) is 5.16. The number of hydrogen-bond donors (Lipinski definition) is 2. The summed E-state index contributed by atoms with van der Waals surface area (Å²) in [5.41, 5.74) is 6.73. The van der Waals surface area contributed by atoms with Crippen molar-refractivity contribution in [2.24, 2.45) is 5.73 Å². The number of aromatic amines is 1. The van der Waals surface area contributed by atoms with Gasteiger partial charge in [0.25, 0.3) is 5.91 Å². The molecule has 0 atom stereocenters. The van der Waals surface area contributed by atoms with Crippen LogP contribution in [0.2, 0.25) is 0 Å². The maximum atomic E-state index is 11.5. The molecule has 20 heavy (non-hydrogen) atoms. The number of carbonyl (C=O) groups excluding carboxylic acids is 1. The summed E-state index contributed by atoms with van der Waals surface area (Å²) >= 11 is 0. The van der Waals surface area contributed by atoms with Gasteiger partial charge in [0, 0.05) is 12.4 Å². The summed E-state index contributed by atoms with van der Waals surface area (Å²) in [5, 5.41) is 4.26. The number of para-hydroxylation sites is 1. The van der Waals surface area contributed by atoms with Gasteiger partial charge in [0.05, 0.1) is 11.1 Å². The van der Waals surface area contributed by atoms with Crippen LogP contribution in [0.4, 0.5) is 0 Å². The summed E-state index contributed by atoms with van der Waals surface area (Å²) in [4.78, 5) is 19.2. The summed E-state index contributed by atoms with van der Waals surface area (Å²) in [6.07, 6.45) is 3.60. The second-order valence-corrected chi connectivity index (χ2v) is 5.16. The number of rotatable bonds is 3. The number of hydrogen-bond acceptors (Lipinski definition) is 3. The predicted octanol–water partition coefficient (Wildman–Crippen LogP) is 1.64. The first-order chi connectivity index (χ1) is 9.50. The van der Waals surface area contributed by atoms with E-state index in [-0.39, 0.29) is 0 Å². The summed E-state index contributed by atoms with van der Waals surface area (Å²) in [5.74, 6) is 0.246. The highest BCUT2D eigenvalue weighted by atomic mass is 16.1. The molecule has 3 rings (SSSR count). The number of primary amides is 1. The van der Waals surface area contributed by atoms with E-state index >= 15 is 0 Å². The van der Waals surface area contributed by atoms with Crippen molar-refractivity contribution in [2.45, 2.75) is 19.4 Å². The molecule has 6 nitrogen and oxygen atoms in total. The first-order valence-electron chi connectivity index (χ1n) is 6.29. The first kappa shape index (κ1) is 12.4. The van der Waals surface area contributed by atoms with E-state index in [0.717, 1.165) is 11.3 Å². The number of imidazole rings is 1. The Morgan fingerprint density at radius 1 is 1.35 bits per heavy atom. The average Bonchev–Trinajstić information content (AvgIpc) is 3.07. The smallest absolute Gasteiger partial charge is 0.250 e. The van der Waals surface area contributed by atoms with Gasteiger partial charge in [-0.15, -0.1) is 0 Å². The standard InChI is InChI=1S/C14H15N5O/c1-14(2,19-8-4-7-16-19)13-17-10-6-3-5-9(12(15)20)11(10)18-13/h3-8H,1-2H3,(H2,15,20)(H,17,18). The Balaban J connectivity index is 2.19. The SMILES string of the molecule is CC(C)(c1nc2c(C(N)=O)cccc2[nH]1)n1cccn1. The summed E-state index contributed by atoms with van der Waals surface area (Å²) < 4.78 is 1.81. The van der Waals surface area contributed by atoms with Gasteiger partial charge in [0.1, 0.15) is 16.9 Å². The molecule has 3 N–H and O–H groups in total. The van der Waals surface area contributed by atoms with Crippen LogP contribution in [0.3, 0.4) is 0 Å². The summed E-state index contributed by atoms with van der Waals surface area (Å²) in [6.45, 7) is 4.00. The van der Waals surface area contributed by atoms with Gasteiger partial charge in [-0.2, -0.15) is 5.10 Å². The van der Waals surface area contributed by atoms with Gasteiger partial charge in [-0.1, -0.05) is 6.07 Å². The maximum Gasteiger partial charge on any atom is 0.250 e. The van der Waals surface area contributed by atoms with Crippen LogP contribution in [0.25, 0.3) is 11.0 Å². The molecule has 0 fully saturated rings. The first-order valence-corrected chi connectivity index (χ1v) is 6.29. The van der Waals surface area contributed by atoms with Crippen LogP contribution in [-0.2, 0) is 5.54 Å². The highest BCUT2D eigenvalue weighted by Gasteiger charge is 2.27. The van der Waals surface area contributed by atoms with Crippen molar-refractivity contribution in [2.75, 3.05) is 0 Å². The fourth-order valence-corrected chi connectivity index (χ4v) is 2.23. The molecule has 0 radical (unpaired) electrons. The minimum atomic E-state index is -0.481. The van der Waals surface area contributed by atoms with Crippen LogP contribution in [-0.4, -0.2) is 25.7 Å². The number of carbonyl (C=O) groups is 1. The van der Waals surface area contributed by atoms with Crippen LogP contribution >= 0.6 is 0 Å². The van der Waals surface area contributed by atoms with Crippen LogP contribution in [0.5, 0.6) is 0 Å². The van der Waals surface area contributed by atoms with Gasteiger partial charge >= 0.3 is 0 Å². The number of benzene rings is 1. The molecular formula is C14H15N5O. The van der Waals surface area contributed by atoms with E-state index in [0.29, 0.717) is 11.1 Å². The Labute approximate surface area is 115 Å². The molecule has 1 amide bonds. The lowest BCUT2D eigenvalue weighted by molar-refractivity contribution is 0.100. The van der Waals surface area contributed by atoms with E-state index in [1.807, 2.05) is 36.9 Å². The number of amides is 1. The molecule has 2 aromatic heterocycles. The van der Waals surface area contributed by atoms with Crippen LogP contribution in [0.1, 0.15) is 30.0 Å². The van der Waals surface area contributed by atoms with Gasteiger partial charge in [-0.25, -0.2) is 4.98 Å². The van der Waals surface area contributed by atoms with E-state index in [4.69, 9.17) is 5.73 Å². The quantitative estimate of drug-likeness (QED) is 0.757. The van der Waals surface area contributed by atoms with E-state index in [2.05, 4.69) is 15.1 Å². The number of aromatic nitrogens is 4. The van der Waals surface area contributed by atoms with Crippen molar-refractivity contribution < 1.29 is 4.79 Å². The molecule has 0 aliphatic carbocycles. The number of nitrogens with one attached hydrogen (secondary N) is 1. The molecule has 0 unspecified atom stereocenters. The Bertz CT molecular complexity index is 770. The number of fused-ring (bicyclic) bond motifs is 1. The van der Waals surface area contributed by atoms with Crippen LogP contribution in [0, 0.1) is 0 Å². The third-order valence-corrected chi connectivity index (χ3v) is 3.43. The fraction of sp³-hybridized carbons (Fsp3) is 0.214. The predicted molar refractivity (Wildman–Crippen MR) is 75.3 cm³/mol. The normalized spacial score (nSPS) is 11.9. The summed E-state index contributed by atoms with van der Waals surface area (Å²) in [7, 11) is 0. The minimum Gasteiger partial charge on any atom is -0.366 e. The van der Waals surface area contributed by atoms with E-state index in [1.54, 1.807) is 18.3 Å². The van der Waals surface area contributed by atoms with Crippen molar-refractivity contribution in [1.29, 1.82) is 0 Å². The fourth-order valence-electron chi connectivity index (χ4n) is 2.23. The van der Waals surface area contributed by atoms with Crippen molar-refractivity contribution >= 4 is 16.9 Å².